The number of benzene rings is 1. The molecule has 190 valence electrons. The summed E-state index contributed by atoms with van der Waals surface area (Å²) in [5.41, 5.74) is 2.13. The number of amides is 1. The highest BCUT2D eigenvalue weighted by Gasteiger charge is 2.25. The van der Waals surface area contributed by atoms with Crippen LogP contribution in [0.5, 0.6) is 0 Å². The Morgan fingerprint density at radius 3 is 2.39 bits per heavy atom. The quantitative estimate of drug-likeness (QED) is 0.296. The number of hydrogen-bond acceptors (Lipinski definition) is 5. The molecule has 7 nitrogen and oxygen atoms in total. The molecule has 0 aliphatic rings. The van der Waals surface area contributed by atoms with Crippen LogP contribution in [-0.2, 0) is 21.2 Å². The molecule has 0 heterocycles. The van der Waals surface area contributed by atoms with E-state index in [0.29, 0.717) is 32.0 Å². The zero-order chi connectivity index (χ0) is 24.9. The molecule has 0 aliphatic heterocycles. The van der Waals surface area contributed by atoms with Crippen molar-refractivity contribution in [1.82, 2.24) is 14.9 Å². The van der Waals surface area contributed by atoms with Gasteiger partial charge in [0.2, 0.25) is 15.9 Å². The fourth-order valence-electron chi connectivity index (χ4n) is 3.68. The van der Waals surface area contributed by atoms with Gasteiger partial charge in [-0.05, 0) is 50.6 Å². The molecule has 0 fully saturated rings. The van der Waals surface area contributed by atoms with Crippen LogP contribution < -0.4 is 10.6 Å². The van der Waals surface area contributed by atoms with E-state index in [1.54, 1.807) is 0 Å². The molecule has 2 atom stereocenters. The highest BCUT2D eigenvalue weighted by molar-refractivity contribution is 7.89. The molecular weight excluding hydrogens is 438 g/mol. The van der Waals surface area contributed by atoms with E-state index < -0.39 is 22.2 Å². The first-order valence-corrected chi connectivity index (χ1v) is 13.9. The number of carbonyl (C=O) groups is 1. The van der Waals surface area contributed by atoms with E-state index >= 15 is 0 Å². The Morgan fingerprint density at radius 1 is 1.15 bits per heavy atom. The number of sulfonamides is 1. The van der Waals surface area contributed by atoms with Gasteiger partial charge in [-0.3, -0.25) is 4.79 Å². The van der Waals surface area contributed by atoms with Crippen molar-refractivity contribution in [3.8, 4) is 0 Å². The lowest BCUT2D eigenvalue weighted by Gasteiger charge is -2.26. The van der Waals surface area contributed by atoms with Gasteiger partial charge in [0.05, 0.1) is 17.9 Å². The van der Waals surface area contributed by atoms with Gasteiger partial charge < -0.3 is 15.7 Å². The summed E-state index contributed by atoms with van der Waals surface area (Å²) in [5, 5.41) is 17.0. The van der Waals surface area contributed by atoms with Gasteiger partial charge in [0.15, 0.2) is 0 Å². The Balaban J connectivity index is 2.78. The molecule has 0 unspecified atom stereocenters. The Hall–Kier alpha value is -1.48. The SMILES string of the molecule is CCCN(CCC)S(=O)(=O)CCC(=O)N[C@@H](Cc1cccc(C)c1)[C@@H](O)CNCCC(C)C. The molecule has 8 heteroatoms. The van der Waals surface area contributed by atoms with Crippen molar-refractivity contribution in [3.63, 3.8) is 0 Å². The second-order valence-corrected chi connectivity index (χ2v) is 11.4. The van der Waals surface area contributed by atoms with Crippen LogP contribution in [0.25, 0.3) is 0 Å². The van der Waals surface area contributed by atoms with E-state index in [1.807, 2.05) is 45.0 Å². The fraction of sp³-hybridized carbons (Fsp3) is 0.720. The van der Waals surface area contributed by atoms with E-state index in [4.69, 9.17) is 0 Å². The van der Waals surface area contributed by atoms with Crippen LogP contribution in [0.3, 0.4) is 0 Å². The second-order valence-electron chi connectivity index (χ2n) is 9.29. The standard InChI is InChI=1S/C25H45N3O4S/c1-6-14-28(15-7-2)33(31,32)16-12-25(30)27-23(18-22-10-8-9-21(5)17-22)24(29)19-26-13-11-20(3)4/h8-10,17,20,23-24,26,29H,6-7,11-16,18-19H2,1-5H3,(H,27,30)/t23-,24-/m0/s1. The van der Waals surface area contributed by atoms with E-state index in [0.717, 1.165) is 36.9 Å². The van der Waals surface area contributed by atoms with Crippen molar-refractivity contribution in [2.45, 2.75) is 78.9 Å². The maximum Gasteiger partial charge on any atom is 0.221 e. The molecule has 3 N–H and O–H groups in total. The Labute approximate surface area is 201 Å². The van der Waals surface area contributed by atoms with E-state index in [1.165, 1.54) is 4.31 Å². The average Bonchev–Trinajstić information content (AvgIpc) is 2.74. The number of rotatable bonds is 17. The Kier molecular flexibility index (Phi) is 13.8. The summed E-state index contributed by atoms with van der Waals surface area (Å²) < 4.78 is 26.8. The van der Waals surface area contributed by atoms with Gasteiger partial charge in [-0.2, -0.15) is 0 Å². The maximum atomic E-state index is 12.7. The summed E-state index contributed by atoms with van der Waals surface area (Å²) in [6, 6.07) is 7.47. The van der Waals surface area contributed by atoms with Gasteiger partial charge in [0, 0.05) is 26.1 Å². The van der Waals surface area contributed by atoms with Crippen molar-refractivity contribution in [1.29, 1.82) is 0 Å². The van der Waals surface area contributed by atoms with E-state index in [-0.39, 0.29) is 18.1 Å². The molecule has 1 amide bonds. The van der Waals surface area contributed by atoms with Crippen molar-refractivity contribution in [2.24, 2.45) is 5.92 Å². The topological polar surface area (TPSA) is 98.7 Å². The molecule has 1 rings (SSSR count). The lowest BCUT2D eigenvalue weighted by molar-refractivity contribution is -0.122. The molecule has 0 radical (unpaired) electrons. The summed E-state index contributed by atoms with van der Waals surface area (Å²) in [5.74, 6) is -0.0107. The van der Waals surface area contributed by atoms with Gasteiger partial charge in [-0.25, -0.2) is 12.7 Å². The predicted molar refractivity (Wildman–Crippen MR) is 136 cm³/mol. The summed E-state index contributed by atoms with van der Waals surface area (Å²) in [4.78, 5) is 12.7. The third kappa shape index (κ3) is 12.0. The van der Waals surface area contributed by atoms with Crippen LogP contribution >= 0.6 is 0 Å². The van der Waals surface area contributed by atoms with Crippen molar-refractivity contribution < 1.29 is 18.3 Å². The van der Waals surface area contributed by atoms with Crippen LogP contribution in [0.1, 0.15) is 64.5 Å². The van der Waals surface area contributed by atoms with E-state index in [9.17, 15) is 18.3 Å². The number of nitrogens with one attached hydrogen (secondary N) is 2. The molecule has 33 heavy (non-hydrogen) atoms. The summed E-state index contributed by atoms with van der Waals surface area (Å²) in [7, 11) is -3.49. The van der Waals surface area contributed by atoms with Gasteiger partial charge >= 0.3 is 0 Å². The van der Waals surface area contributed by atoms with Gasteiger partial charge in [0.1, 0.15) is 0 Å². The first kappa shape index (κ1) is 29.6. The molecule has 0 bridgehead atoms. The number of aryl methyl sites for hydroxylation is 1. The van der Waals surface area contributed by atoms with Crippen LogP contribution in [0, 0.1) is 12.8 Å². The maximum absolute atomic E-state index is 12.7. The van der Waals surface area contributed by atoms with E-state index in [2.05, 4.69) is 24.5 Å². The molecule has 0 aromatic heterocycles. The van der Waals surface area contributed by atoms with Crippen molar-refractivity contribution in [2.75, 3.05) is 31.9 Å². The monoisotopic (exact) mass is 483 g/mol. The van der Waals surface area contributed by atoms with Gasteiger partial charge in [0.25, 0.3) is 0 Å². The van der Waals surface area contributed by atoms with Crippen LogP contribution in [0.15, 0.2) is 24.3 Å². The van der Waals surface area contributed by atoms with Crippen LogP contribution in [-0.4, -0.2) is 67.8 Å². The van der Waals surface area contributed by atoms with Crippen LogP contribution in [0.2, 0.25) is 0 Å². The molecular formula is C25H45N3O4S. The predicted octanol–water partition coefficient (Wildman–Crippen LogP) is 2.86. The average molecular weight is 484 g/mol. The van der Waals surface area contributed by atoms with Crippen molar-refractivity contribution >= 4 is 15.9 Å². The third-order valence-corrected chi connectivity index (χ3v) is 7.40. The number of aliphatic hydroxyl groups excluding tert-OH is 1. The summed E-state index contributed by atoms with van der Waals surface area (Å²) in [6.07, 6.45) is 2.05. The zero-order valence-electron chi connectivity index (χ0n) is 21.1. The minimum atomic E-state index is -3.49. The number of aliphatic hydroxyl groups is 1. The van der Waals surface area contributed by atoms with Crippen molar-refractivity contribution in [3.05, 3.63) is 35.4 Å². The first-order valence-electron chi connectivity index (χ1n) is 12.3. The molecule has 0 spiro atoms. The highest BCUT2D eigenvalue weighted by Crippen LogP contribution is 2.11. The third-order valence-electron chi connectivity index (χ3n) is 5.53. The molecule has 0 saturated heterocycles. The number of carbonyl (C=O) groups excluding carboxylic acids is 1. The highest BCUT2D eigenvalue weighted by atomic mass is 32.2. The molecule has 0 aliphatic carbocycles. The Bertz CT molecular complexity index is 793. The first-order chi connectivity index (χ1) is 15.6. The smallest absolute Gasteiger partial charge is 0.221 e. The second kappa shape index (κ2) is 15.4. The van der Waals surface area contributed by atoms with Crippen LogP contribution in [0.4, 0.5) is 0 Å². The zero-order valence-corrected chi connectivity index (χ0v) is 22.0. The number of hydrogen-bond donors (Lipinski definition) is 3. The minimum Gasteiger partial charge on any atom is -0.390 e. The Morgan fingerprint density at radius 2 is 1.82 bits per heavy atom. The molecule has 0 saturated carbocycles. The van der Waals surface area contributed by atoms with Gasteiger partial charge in [-0.1, -0.05) is 57.5 Å². The lowest BCUT2D eigenvalue weighted by atomic mass is 9.99. The number of nitrogens with zero attached hydrogens (tertiary/aromatic N) is 1. The summed E-state index contributed by atoms with van der Waals surface area (Å²) >= 11 is 0. The summed E-state index contributed by atoms with van der Waals surface area (Å²) in [6.45, 7) is 12.3. The molecule has 1 aromatic carbocycles. The minimum absolute atomic E-state index is 0.121. The lowest BCUT2D eigenvalue weighted by Crippen LogP contribution is -2.49. The normalized spacial score (nSPS) is 13.9. The fourth-order valence-corrected chi connectivity index (χ4v) is 5.30. The largest absolute Gasteiger partial charge is 0.390 e. The van der Waals surface area contributed by atoms with Gasteiger partial charge in [-0.15, -0.1) is 0 Å². The molecule has 1 aromatic rings.